The van der Waals surface area contributed by atoms with Crippen LogP contribution in [0.4, 0.5) is 5.69 Å². The predicted molar refractivity (Wildman–Crippen MR) is 67.9 cm³/mol. The second-order valence-corrected chi connectivity index (χ2v) is 5.86. The first-order chi connectivity index (χ1) is 8.99. The first kappa shape index (κ1) is 13.5. The van der Waals surface area contributed by atoms with Crippen LogP contribution in [0, 0.1) is 10.1 Å². The third-order valence-electron chi connectivity index (χ3n) is 2.92. The topological polar surface area (TPSA) is 86.5 Å². The number of non-ortho nitro benzene ring substituents is 1. The molecule has 7 heteroatoms. The number of benzene rings is 1. The summed E-state index contributed by atoms with van der Waals surface area (Å²) in [6, 6.07) is 4.61. The van der Waals surface area contributed by atoms with Crippen molar-refractivity contribution in [3.05, 3.63) is 46.2 Å². The summed E-state index contributed by atoms with van der Waals surface area (Å²) in [5.41, 5.74) is 0.818. The van der Waals surface area contributed by atoms with Gasteiger partial charge in [-0.3, -0.25) is 10.1 Å². The average molecular weight is 283 g/mol. The zero-order chi connectivity index (χ0) is 13.9. The van der Waals surface area contributed by atoms with Gasteiger partial charge < -0.3 is 4.18 Å². The van der Waals surface area contributed by atoms with E-state index < -0.39 is 15.0 Å². The van der Waals surface area contributed by atoms with Crippen molar-refractivity contribution in [1.82, 2.24) is 0 Å². The molecule has 0 heterocycles. The number of hydrogen-bond acceptors (Lipinski definition) is 5. The van der Waals surface area contributed by atoms with Crippen LogP contribution in [0.25, 0.3) is 0 Å². The number of hydrogen-bond donors (Lipinski definition) is 0. The Bertz CT molecular complexity index is 596. The van der Waals surface area contributed by atoms with Gasteiger partial charge in [0.05, 0.1) is 4.92 Å². The van der Waals surface area contributed by atoms with Gasteiger partial charge in [-0.15, -0.1) is 0 Å². The minimum Gasteiger partial charge on any atom is -0.387 e. The van der Waals surface area contributed by atoms with E-state index in [9.17, 15) is 18.5 Å². The molecule has 2 rings (SSSR count). The van der Waals surface area contributed by atoms with Crippen LogP contribution in [-0.4, -0.2) is 13.3 Å². The third kappa shape index (κ3) is 3.31. The van der Waals surface area contributed by atoms with Crippen LogP contribution in [0.3, 0.4) is 0 Å². The Morgan fingerprint density at radius 1 is 1.16 bits per heavy atom. The molecule has 1 fully saturated rings. The highest BCUT2D eigenvalue weighted by Crippen LogP contribution is 2.25. The number of rotatable bonds is 4. The Hall–Kier alpha value is -1.89. The Balaban J connectivity index is 2.14. The van der Waals surface area contributed by atoms with Crippen molar-refractivity contribution >= 4 is 15.8 Å². The second-order valence-electron chi connectivity index (χ2n) is 4.28. The van der Waals surface area contributed by atoms with Crippen molar-refractivity contribution < 1.29 is 17.5 Å². The molecular weight excluding hydrogens is 270 g/mol. The van der Waals surface area contributed by atoms with Crippen molar-refractivity contribution in [1.29, 1.82) is 0 Å². The number of nitro groups is 1. The highest BCUT2D eigenvalue weighted by Gasteiger charge is 2.17. The minimum absolute atomic E-state index is 0.0899. The normalized spacial score (nSPS) is 15.3. The molecule has 0 unspecified atom stereocenters. The van der Waals surface area contributed by atoms with Crippen molar-refractivity contribution in [2.75, 3.05) is 0 Å². The largest absolute Gasteiger partial charge is 0.387 e. The van der Waals surface area contributed by atoms with Crippen molar-refractivity contribution in [2.24, 2.45) is 0 Å². The number of allylic oxidation sites excluding steroid dienone is 1. The summed E-state index contributed by atoms with van der Waals surface area (Å²) in [6.45, 7) is 0. The van der Waals surface area contributed by atoms with Crippen LogP contribution < -0.4 is 0 Å². The minimum atomic E-state index is -3.89. The summed E-state index contributed by atoms with van der Waals surface area (Å²) < 4.78 is 28.5. The molecule has 6 nitrogen and oxygen atoms in total. The van der Waals surface area contributed by atoms with E-state index in [0.29, 0.717) is 0 Å². The lowest BCUT2D eigenvalue weighted by Crippen LogP contribution is -2.03. The molecule has 0 radical (unpaired) electrons. The lowest BCUT2D eigenvalue weighted by molar-refractivity contribution is -0.384. The fourth-order valence-corrected chi connectivity index (χ4v) is 2.71. The Labute approximate surface area is 111 Å². The number of nitrogens with zero attached hydrogens (tertiary/aromatic N) is 1. The monoisotopic (exact) mass is 283 g/mol. The summed E-state index contributed by atoms with van der Waals surface area (Å²) in [7, 11) is -3.89. The SMILES string of the molecule is O=[N+]([O-])c1ccc(S(=O)(=O)OC=C2CCCC2)cc1. The van der Waals surface area contributed by atoms with E-state index in [-0.39, 0.29) is 10.6 Å². The van der Waals surface area contributed by atoms with Gasteiger partial charge in [-0.05, 0) is 43.4 Å². The molecule has 1 aromatic carbocycles. The predicted octanol–water partition coefficient (Wildman–Crippen LogP) is 2.76. The van der Waals surface area contributed by atoms with Gasteiger partial charge in [0.1, 0.15) is 11.2 Å². The fourth-order valence-electron chi connectivity index (χ4n) is 1.87. The van der Waals surface area contributed by atoms with Crippen LogP contribution in [-0.2, 0) is 14.3 Å². The van der Waals surface area contributed by atoms with Crippen molar-refractivity contribution in [3.63, 3.8) is 0 Å². The Morgan fingerprint density at radius 2 is 1.74 bits per heavy atom. The van der Waals surface area contributed by atoms with E-state index in [2.05, 4.69) is 0 Å². The molecule has 1 aliphatic rings. The van der Waals surface area contributed by atoms with Gasteiger partial charge >= 0.3 is 10.1 Å². The van der Waals surface area contributed by atoms with Crippen LogP contribution in [0.15, 0.2) is 41.0 Å². The number of nitro benzene ring substituents is 1. The van der Waals surface area contributed by atoms with E-state index in [0.717, 1.165) is 43.4 Å². The summed E-state index contributed by atoms with van der Waals surface area (Å²) in [5.74, 6) is 0. The third-order valence-corrected chi connectivity index (χ3v) is 4.12. The Morgan fingerprint density at radius 3 is 2.26 bits per heavy atom. The molecule has 0 aromatic heterocycles. The molecule has 1 saturated carbocycles. The molecule has 0 bridgehead atoms. The van der Waals surface area contributed by atoms with Crippen LogP contribution in [0.2, 0.25) is 0 Å². The van der Waals surface area contributed by atoms with Gasteiger partial charge in [-0.25, -0.2) is 0 Å². The average Bonchev–Trinajstić information content (AvgIpc) is 2.90. The maximum absolute atomic E-state index is 11.8. The van der Waals surface area contributed by atoms with E-state index in [1.54, 1.807) is 0 Å². The van der Waals surface area contributed by atoms with Gasteiger partial charge in [0, 0.05) is 12.1 Å². The van der Waals surface area contributed by atoms with Gasteiger partial charge in [-0.1, -0.05) is 0 Å². The van der Waals surface area contributed by atoms with Gasteiger partial charge in [0.25, 0.3) is 5.69 Å². The molecule has 0 amide bonds. The van der Waals surface area contributed by atoms with Crippen LogP contribution >= 0.6 is 0 Å². The molecule has 0 atom stereocenters. The smallest absolute Gasteiger partial charge is 0.338 e. The van der Waals surface area contributed by atoms with E-state index in [1.807, 2.05) is 0 Å². The zero-order valence-corrected chi connectivity index (χ0v) is 10.9. The highest BCUT2D eigenvalue weighted by molar-refractivity contribution is 7.86. The fraction of sp³-hybridized carbons (Fsp3) is 0.333. The summed E-state index contributed by atoms with van der Waals surface area (Å²) >= 11 is 0. The maximum Gasteiger partial charge on any atom is 0.338 e. The van der Waals surface area contributed by atoms with E-state index in [1.165, 1.54) is 18.4 Å². The second kappa shape index (κ2) is 5.40. The summed E-state index contributed by atoms with van der Waals surface area (Å²) in [5, 5.41) is 10.5. The molecule has 0 spiro atoms. The summed E-state index contributed by atoms with van der Waals surface area (Å²) in [4.78, 5) is 9.80. The molecule has 0 aliphatic heterocycles. The van der Waals surface area contributed by atoms with Gasteiger partial charge in [-0.2, -0.15) is 8.42 Å². The van der Waals surface area contributed by atoms with Gasteiger partial charge in [0.15, 0.2) is 0 Å². The standard InChI is InChI=1S/C12H13NO5S/c14-13(15)11-5-7-12(8-6-11)19(16,17)18-9-10-3-1-2-4-10/h5-9H,1-4H2. The van der Waals surface area contributed by atoms with E-state index in [4.69, 9.17) is 4.18 Å². The lowest BCUT2D eigenvalue weighted by atomic mass is 10.3. The molecule has 0 saturated heterocycles. The van der Waals surface area contributed by atoms with Gasteiger partial charge in [0.2, 0.25) is 0 Å². The van der Waals surface area contributed by atoms with E-state index >= 15 is 0 Å². The first-order valence-electron chi connectivity index (χ1n) is 5.85. The summed E-state index contributed by atoms with van der Waals surface area (Å²) in [6.07, 6.45) is 5.09. The highest BCUT2D eigenvalue weighted by atomic mass is 32.2. The van der Waals surface area contributed by atoms with Crippen LogP contribution in [0.1, 0.15) is 25.7 Å². The lowest BCUT2D eigenvalue weighted by Gasteiger charge is -2.03. The maximum atomic E-state index is 11.8. The molecule has 19 heavy (non-hydrogen) atoms. The van der Waals surface area contributed by atoms with Crippen molar-refractivity contribution in [2.45, 2.75) is 30.6 Å². The first-order valence-corrected chi connectivity index (χ1v) is 7.25. The molecule has 0 N–H and O–H groups in total. The molecular formula is C12H13NO5S. The van der Waals surface area contributed by atoms with Crippen molar-refractivity contribution in [3.8, 4) is 0 Å². The Kier molecular flexibility index (Phi) is 3.84. The molecule has 102 valence electrons. The quantitative estimate of drug-likeness (QED) is 0.367. The molecule has 1 aliphatic carbocycles. The van der Waals surface area contributed by atoms with Crippen LogP contribution in [0.5, 0.6) is 0 Å². The zero-order valence-electron chi connectivity index (χ0n) is 10.1. The molecule has 1 aromatic rings.